The summed E-state index contributed by atoms with van der Waals surface area (Å²) < 4.78 is 0. The fourth-order valence-electron chi connectivity index (χ4n) is 0.950. The minimum atomic E-state index is 0.510. The highest BCUT2D eigenvalue weighted by molar-refractivity contribution is 7.99. The Bertz CT molecular complexity index is 263. The van der Waals surface area contributed by atoms with Crippen LogP contribution in [-0.2, 0) is 6.54 Å². The van der Waals surface area contributed by atoms with Gasteiger partial charge in [-0.25, -0.2) is 0 Å². The zero-order valence-corrected chi connectivity index (χ0v) is 8.58. The van der Waals surface area contributed by atoms with E-state index in [0.717, 1.165) is 16.3 Å². The van der Waals surface area contributed by atoms with Gasteiger partial charge in [-0.05, 0) is 23.4 Å². The van der Waals surface area contributed by atoms with Crippen LogP contribution in [-0.4, -0.2) is 5.75 Å². The van der Waals surface area contributed by atoms with Crippen molar-refractivity contribution in [3.8, 4) is 0 Å². The van der Waals surface area contributed by atoms with Crippen LogP contribution in [0.5, 0.6) is 0 Å². The Morgan fingerprint density at radius 1 is 1.50 bits per heavy atom. The molecule has 0 spiro atoms. The van der Waals surface area contributed by atoms with Crippen molar-refractivity contribution < 1.29 is 0 Å². The van der Waals surface area contributed by atoms with E-state index in [1.807, 2.05) is 12.1 Å². The van der Waals surface area contributed by atoms with E-state index < -0.39 is 0 Å². The first-order valence-electron chi connectivity index (χ1n) is 3.89. The van der Waals surface area contributed by atoms with E-state index in [0.29, 0.717) is 6.54 Å². The van der Waals surface area contributed by atoms with Crippen molar-refractivity contribution in [2.45, 2.75) is 18.4 Å². The number of halogens is 1. The molecule has 0 amide bonds. The molecule has 1 aromatic carbocycles. The summed E-state index contributed by atoms with van der Waals surface area (Å²) in [5.41, 5.74) is 6.49. The van der Waals surface area contributed by atoms with E-state index in [-0.39, 0.29) is 0 Å². The minimum absolute atomic E-state index is 0.510. The Morgan fingerprint density at radius 2 is 2.25 bits per heavy atom. The molecule has 0 atom stereocenters. The van der Waals surface area contributed by atoms with Gasteiger partial charge in [0.15, 0.2) is 0 Å². The standard InChI is InChI=1S/C9H12ClNS/c1-2-12-8-4-3-7(6-11)9(10)5-8/h3-5H,2,6,11H2,1H3. The van der Waals surface area contributed by atoms with Crippen molar-refractivity contribution in [1.29, 1.82) is 0 Å². The van der Waals surface area contributed by atoms with E-state index in [2.05, 4.69) is 13.0 Å². The lowest BCUT2D eigenvalue weighted by Crippen LogP contribution is -1.96. The van der Waals surface area contributed by atoms with Crippen LogP contribution in [0.1, 0.15) is 12.5 Å². The molecule has 0 saturated carbocycles. The molecule has 0 fully saturated rings. The van der Waals surface area contributed by atoms with Crippen LogP contribution in [0.3, 0.4) is 0 Å². The molecule has 12 heavy (non-hydrogen) atoms. The Kier molecular flexibility index (Phi) is 3.92. The van der Waals surface area contributed by atoms with Gasteiger partial charge in [-0.1, -0.05) is 24.6 Å². The SMILES string of the molecule is CCSc1ccc(CN)c(Cl)c1. The smallest absolute Gasteiger partial charge is 0.0462 e. The molecule has 0 aliphatic heterocycles. The van der Waals surface area contributed by atoms with Gasteiger partial charge in [-0.3, -0.25) is 0 Å². The summed E-state index contributed by atoms with van der Waals surface area (Å²) in [6.07, 6.45) is 0. The van der Waals surface area contributed by atoms with Crippen LogP contribution in [0, 0.1) is 0 Å². The van der Waals surface area contributed by atoms with E-state index in [9.17, 15) is 0 Å². The second kappa shape index (κ2) is 4.75. The summed E-state index contributed by atoms with van der Waals surface area (Å²) in [5.74, 6) is 1.07. The molecule has 1 rings (SSSR count). The molecule has 0 aliphatic rings. The highest BCUT2D eigenvalue weighted by Gasteiger charge is 1.99. The van der Waals surface area contributed by atoms with Crippen molar-refractivity contribution >= 4 is 23.4 Å². The third-order valence-corrected chi connectivity index (χ3v) is 2.78. The highest BCUT2D eigenvalue weighted by Crippen LogP contribution is 2.24. The molecule has 3 heteroatoms. The van der Waals surface area contributed by atoms with Crippen LogP contribution < -0.4 is 5.73 Å². The molecular weight excluding hydrogens is 190 g/mol. The zero-order chi connectivity index (χ0) is 8.97. The summed E-state index contributed by atoms with van der Waals surface area (Å²) >= 11 is 7.76. The lowest BCUT2D eigenvalue weighted by molar-refractivity contribution is 1.07. The van der Waals surface area contributed by atoms with Gasteiger partial charge in [0.25, 0.3) is 0 Å². The lowest BCUT2D eigenvalue weighted by atomic mass is 10.2. The lowest BCUT2D eigenvalue weighted by Gasteiger charge is -2.03. The van der Waals surface area contributed by atoms with Gasteiger partial charge in [0, 0.05) is 16.5 Å². The van der Waals surface area contributed by atoms with Crippen molar-refractivity contribution in [2.75, 3.05) is 5.75 Å². The first-order valence-corrected chi connectivity index (χ1v) is 5.25. The molecule has 0 radical (unpaired) electrons. The number of hydrogen-bond acceptors (Lipinski definition) is 2. The molecule has 0 aliphatic carbocycles. The van der Waals surface area contributed by atoms with Gasteiger partial charge in [-0.2, -0.15) is 0 Å². The number of hydrogen-bond donors (Lipinski definition) is 1. The van der Waals surface area contributed by atoms with Gasteiger partial charge in [-0.15, -0.1) is 11.8 Å². The van der Waals surface area contributed by atoms with Crippen molar-refractivity contribution in [1.82, 2.24) is 0 Å². The summed E-state index contributed by atoms with van der Waals surface area (Å²) in [4.78, 5) is 1.21. The number of benzene rings is 1. The van der Waals surface area contributed by atoms with Gasteiger partial charge in [0.2, 0.25) is 0 Å². The van der Waals surface area contributed by atoms with Crippen LogP contribution in [0.15, 0.2) is 23.1 Å². The van der Waals surface area contributed by atoms with Crippen molar-refractivity contribution in [3.05, 3.63) is 28.8 Å². The predicted octanol–water partition coefficient (Wildman–Crippen LogP) is 2.91. The fourth-order valence-corrected chi connectivity index (χ4v) is 1.97. The van der Waals surface area contributed by atoms with E-state index >= 15 is 0 Å². The Balaban J connectivity index is 2.86. The van der Waals surface area contributed by atoms with Gasteiger partial charge < -0.3 is 5.73 Å². The molecule has 1 nitrogen and oxygen atoms in total. The van der Waals surface area contributed by atoms with Crippen LogP contribution >= 0.6 is 23.4 Å². The van der Waals surface area contributed by atoms with Crippen molar-refractivity contribution in [2.24, 2.45) is 5.73 Å². The Morgan fingerprint density at radius 3 is 2.75 bits per heavy atom. The zero-order valence-electron chi connectivity index (χ0n) is 7.01. The molecule has 0 bridgehead atoms. The van der Waals surface area contributed by atoms with Gasteiger partial charge in [0.05, 0.1) is 0 Å². The highest BCUT2D eigenvalue weighted by atomic mass is 35.5. The summed E-state index contributed by atoms with van der Waals surface area (Å²) in [6, 6.07) is 6.01. The normalized spacial score (nSPS) is 10.2. The summed E-state index contributed by atoms with van der Waals surface area (Å²) in [7, 11) is 0. The summed E-state index contributed by atoms with van der Waals surface area (Å²) in [5, 5.41) is 0.774. The molecule has 0 saturated heterocycles. The largest absolute Gasteiger partial charge is 0.326 e. The van der Waals surface area contributed by atoms with Crippen molar-refractivity contribution in [3.63, 3.8) is 0 Å². The number of thioether (sulfide) groups is 1. The van der Waals surface area contributed by atoms with Crippen LogP contribution in [0.2, 0.25) is 5.02 Å². The van der Waals surface area contributed by atoms with Crippen LogP contribution in [0.25, 0.3) is 0 Å². The first kappa shape index (κ1) is 9.90. The topological polar surface area (TPSA) is 26.0 Å². The average molecular weight is 202 g/mol. The molecule has 1 aromatic rings. The molecule has 0 unspecified atom stereocenters. The maximum absolute atomic E-state index is 5.97. The predicted molar refractivity (Wildman–Crippen MR) is 55.7 cm³/mol. The monoisotopic (exact) mass is 201 g/mol. The quantitative estimate of drug-likeness (QED) is 0.762. The molecule has 0 heterocycles. The minimum Gasteiger partial charge on any atom is -0.326 e. The fraction of sp³-hybridized carbons (Fsp3) is 0.333. The maximum atomic E-state index is 5.97. The summed E-state index contributed by atoms with van der Waals surface area (Å²) in [6.45, 7) is 2.63. The Hall–Kier alpha value is -0.180. The maximum Gasteiger partial charge on any atom is 0.0462 e. The molecular formula is C9H12ClNS. The molecule has 2 N–H and O–H groups in total. The van der Waals surface area contributed by atoms with Crippen LogP contribution in [0.4, 0.5) is 0 Å². The third kappa shape index (κ3) is 2.41. The third-order valence-electron chi connectivity index (χ3n) is 1.56. The van der Waals surface area contributed by atoms with Gasteiger partial charge in [0.1, 0.15) is 0 Å². The Labute approximate surface area is 82.3 Å². The number of nitrogens with two attached hydrogens (primary N) is 1. The van der Waals surface area contributed by atoms with E-state index in [4.69, 9.17) is 17.3 Å². The van der Waals surface area contributed by atoms with E-state index in [1.165, 1.54) is 4.90 Å². The first-order chi connectivity index (χ1) is 5.77. The average Bonchev–Trinajstić information content (AvgIpc) is 2.05. The molecule has 0 aromatic heterocycles. The van der Waals surface area contributed by atoms with E-state index in [1.54, 1.807) is 11.8 Å². The molecule has 66 valence electrons. The van der Waals surface area contributed by atoms with Gasteiger partial charge >= 0.3 is 0 Å². The second-order valence-electron chi connectivity index (χ2n) is 2.39. The number of rotatable bonds is 3. The second-order valence-corrected chi connectivity index (χ2v) is 4.13.